The van der Waals surface area contributed by atoms with Crippen LogP contribution in [0, 0.1) is 0 Å². The van der Waals surface area contributed by atoms with Crippen LogP contribution in [0.25, 0.3) is 0 Å². The van der Waals surface area contributed by atoms with Crippen molar-refractivity contribution in [2.45, 2.75) is 39.8 Å². The Morgan fingerprint density at radius 3 is 2.83 bits per heavy atom. The van der Waals surface area contributed by atoms with E-state index in [-0.39, 0.29) is 5.91 Å². The van der Waals surface area contributed by atoms with Gasteiger partial charge in [-0.25, -0.2) is 4.98 Å². The second-order valence-electron chi connectivity index (χ2n) is 5.60. The fourth-order valence-electron chi connectivity index (χ4n) is 2.39. The number of nitrogens with zero attached hydrogens (tertiary/aromatic N) is 2. The van der Waals surface area contributed by atoms with E-state index in [9.17, 15) is 4.79 Å². The number of aryl methyl sites for hydroxylation is 1. The Morgan fingerprint density at radius 1 is 1.33 bits per heavy atom. The Kier molecular flexibility index (Phi) is 7.69. The lowest BCUT2D eigenvalue weighted by Gasteiger charge is -2.15. The van der Waals surface area contributed by atoms with E-state index in [0.717, 1.165) is 35.9 Å². The molecule has 130 valence electrons. The first-order chi connectivity index (χ1) is 11.6. The van der Waals surface area contributed by atoms with Crippen molar-refractivity contribution < 1.29 is 4.79 Å². The third-order valence-corrected chi connectivity index (χ3v) is 4.98. The lowest BCUT2D eigenvalue weighted by molar-refractivity contribution is -0.121. The number of nitrogens with one attached hydrogen (secondary N) is 1. The summed E-state index contributed by atoms with van der Waals surface area (Å²) in [5.41, 5.74) is 2.15. The third kappa shape index (κ3) is 6.23. The van der Waals surface area contributed by atoms with Gasteiger partial charge in [0.2, 0.25) is 5.91 Å². The second-order valence-corrected chi connectivity index (χ2v) is 6.98. The van der Waals surface area contributed by atoms with Crippen molar-refractivity contribution in [2.75, 3.05) is 13.1 Å². The highest BCUT2D eigenvalue weighted by atomic mass is 35.5. The monoisotopic (exact) mass is 365 g/mol. The van der Waals surface area contributed by atoms with Gasteiger partial charge in [0.05, 0.1) is 12.2 Å². The van der Waals surface area contributed by atoms with E-state index < -0.39 is 0 Å². The van der Waals surface area contributed by atoms with E-state index in [1.165, 1.54) is 0 Å². The number of carbonyl (C=O) groups excluding carboxylic acids is 1. The average molecular weight is 366 g/mol. The number of halogens is 1. The van der Waals surface area contributed by atoms with Gasteiger partial charge in [0, 0.05) is 23.4 Å². The molecule has 0 atom stereocenters. The van der Waals surface area contributed by atoms with E-state index in [0.29, 0.717) is 24.4 Å². The Bertz CT molecular complexity index is 655. The van der Waals surface area contributed by atoms with Crippen LogP contribution in [0.4, 0.5) is 0 Å². The van der Waals surface area contributed by atoms with Gasteiger partial charge in [-0.05, 0) is 37.2 Å². The Balaban J connectivity index is 1.74. The second kappa shape index (κ2) is 9.77. The highest BCUT2D eigenvalue weighted by molar-refractivity contribution is 7.09. The maximum atomic E-state index is 12.0. The molecule has 2 aromatic rings. The maximum Gasteiger partial charge on any atom is 0.220 e. The molecule has 0 unspecified atom stereocenters. The maximum absolute atomic E-state index is 12.0. The zero-order chi connectivity index (χ0) is 17.4. The molecular weight excluding hydrogens is 342 g/mol. The van der Waals surface area contributed by atoms with Crippen molar-refractivity contribution in [3.8, 4) is 0 Å². The topological polar surface area (TPSA) is 45.2 Å². The Labute approximate surface area is 152 Å². The zero-order valence-electron chi connectivity index (χ0n) is 14.2. The Hall–Kier alpha value is -1.43. The first kappa shape index (κ1) is 18.9. The normalized spacial score (nSPS) is 11.0. The van der Waals surface area contributed by atoms with Crippen molar-refractivity contribution in [2.24, 2.45) is 0 Å². The first-order valence-electron chi connectivity index (χ1n) is 8.27. The predicted octanol–water partition coefficient (Wildman–Crippen LogP) is 3.89. The van der Waals surface area contributed by atoms with Crippen LogP contribution in [0.3, 0.4) is 0 Å². The molecule has 0 bridgehead atoms. The van der Waals surface area contributed by atoms with Crippen LogP contribution in [-0.4, -0.2) is 28.9 Å². The van der Waals surface area contributed by atoms with Gasteiger partial charge in [0.15, 0.2) is 0 Å². The van der Waals surface area contributed by atoms with Crippen LogP contribution in [0.15, 0.2) is 29.6 Å². The van der Waals surface area contributed by atoms with Gasteiger partial charge in [-0.2, -0.15) is 0 Å². The first-order valence-corrected chi connectivity index (χ1v) is 9.53. The van der Waals surface area contributed by atoms with Crippen molar-refractivity contribution in [3.05, 3.63) is 50.9 Å². The number of hydrogen-bond acceptors (Lipinski definition) is 4. The molecule has 0 spiro atoms. The molecule has 0 aliphatic rings. The van der Waals surface area contributed by atoms with Crippen LogP contribution >= 0.6 is 22.9 Å². The molecule has 0 saturated heterocycles. The summed E-state index contributed by atoms with van der Waals surface area (Å²) in [4.78, 5) is 18.9. The van der Waals surface area contributed by atoms with Crippen molar-refractivity contribution >= 4 is 28.8 Å². The fourth-order valence-corrected chi connectivity index (χ4v) is 3.33. The van der Waals surface area contributed by atoms with E-state index >= 15 is 0 Å². The summed E-state index contributed by atoms with van der Waals surface area (Å²) in [5.74, 6) is 0.0375. The predicted molar refractivity (Wildman–Crippen MR) is 100 cm³/mol. The molecular formula is C18H24ClN3OS. The van der Waals surface area contributed by atoms with Gasteiger partial charge >= 0.3 is 0 Å². The smallest absolute Gasteiger partial charge is 0.220 e. The minimum absolute atomic E-state index is 0.0375. The fraction of sp³-hybridized carbons (Fsp3) is 0.444. The molecule has 4 nitrogen and oxygen atoms in total. The number of carbonyl (C=O) groups is 1. The SMILES string of the molecule is CCN(CC)Cc1csc(CNC(=O)CCc2cccc(Cl)c2)n1. The lowest BCUT2D eigenvalue weighted by Crippen LogP contribution is -2.23. The number of rotatable bonds is 9. The molecule has 0 aliphatic carbocycles. The summed E-state index contributed by atoms with van der Waals surface area (Å²) in [6.45, 7) is 7.70. The highest BCUT2D eigenvalue weighted by Gasteiger charge is 2.08. The van der Waals surface area contributed by atoms with Crippen LogP contribution < -0.4 is 5.32 Å². The summed E-state index contributed by atoms with van der Waals surface area (Å²) < 4.78 is 0. The van der Waals surface area contributed by atoms with Crippen LogP contribution in [0.2, 0.25) is 5.02 Å². The molecule has 0 fully saturated rings. The number of benzene rings is 1. The molecule has 1 N–H and O–H groups in total. The van der Waals surface area contributed by atoms with Gasteiger partial charge < -0.3 is 5.32 Å². The van der Waals surface area contributed by atoms with Gasteiger partial charge in [0.25, 0.3) is 0 Å². The minimum Gasteiger partial charge on any atom is -0.350 e. The van der Waals surface area contributed by atoms with Crippen molar-refractivity contribution in [3.63, 3.8) is 0 Å². The molecule has 1 heterocycles. The molecule has 1 aromatic carbocycles. The summed E-state index contributed by atoms with van der Waals surface area (Å²) in [6.07, 6.45) is 1.15. The molecule has 1 amide bonds. The van der Waals surface area contributed by atoms with Gasteiger partial charge in [-0.1, -0.05) is 37.6 Å². The standard InChI is InChI=1S/C18H24ClN3OS/c1-3-22(4-2)12-16-13-24-18(21-16)11-20-17(23)9-8-14-6-5-7-15(19)10-14/h5-7,10,13H,3-4,8-9,11-12H2,1-2H3,(H,20,23). The molecule has 2 rings (SSSR count). The number of aromatic nitrogens is 1. The number of thiazole rings is 1. The molecule has 0 radical (unpaired) electrons. The van der Waals surface area contributed by atoms with Crippen LogP contribution in [-0.2, 0) is 24.3 Å². The van der Waals surface area contributed by atoms with Gasteiger partial charge in [-0.15, -0.1) is 11.3 Å². The zero-order valence-corrected chi connectivity index (χ0v) is 15.8. The minimum atomic E-state index is 0.0375. The summed E-state index contributed by atoms with van der Waals surface area (Å²) in [7, 11) is 0. The highest BCUT2D eigenvalue weighted by Crippen LogP contribution is 2.13. The summed E-state index contributed by atoms with van der Waals surface area (Å²) in [5, 5.41) is 6.67. The van der Waals surface area contributed by atoms with E-state index in [1.54, 1.807) is 11.3 Å². The third-order valence-electron chi connectivity index (χ3n) is 3.85. The Morgan fingerprint density at radius 2 is 2.12 bits per heavy atom. The molecule has 1 aromatic heterocycles. The van der Waals surface area contributed by atoms with Crippen LogP contribution in [0.1, 0.15) is 36.5 Å². The number of hydrogen-bond donors (Lipinski definition) is 1. The summed E-state index contributed by atoms with van der Waals surface area (Å²) >= 11 is 7.55. The molecule has 6 heteroatoms. The molecule has 0 saturated carbocycles. The average Bonchev–Trinajstić information content (AvgIpc) is 3.03. The molecule has 0 aliphatic heterocycles. The number of amides is 1. The summed E-state index contributed by atoms with van der Waals surface area (Å²) in [6, 6.07) is 7.63. The van der Waals surface area contributed by atoms with E-state index in [1.807, 2.05) is 24.3 Å². The van der Waals surface area contributed by atoms with Gasteiger partial charge in [-0.3, -0.25) is 9.69 Å². The van der Waals surface area contributed by atoms with Crippen LogP contribution in [0.5, 0.6) is 0 Å². The quantitative estimate of drug-likeness (QED) is 0.733. The van der Waals surface area contributed by atoms with E-state index in [4.69, 9.17) is 11.6 Å². The molecule has 24 heavy (non-hydrogen) atoms. The van der Waals surface area contributed by atoms with Crippen molar-refractivity contribution in [1.29, 1.82) is 0 Å². The lowest BCUT2D eigenvalue weighted by atomic mass is 10.1. The largest absolute Gasteiger partial charge is 0.350 e. The van der Waals surface area contributed by atoms with Gasteiger partial charge in [0.1, 0.15) is 5.01 Å². The van der Waals surface area contributed by atoms with Crippen molar-refractivity contribution in [1.82, 2.24) is 15.2 Å². The van der Waals surface area contributed by atoms with E-state index in [2.05, 4.69) is 34.4 Å².